The molecule has 1 aromatic rings. The Kier molecular flexibility index (Phi) is 4.57. The van der Waals surface area contributed by atoms with Crippen molar-refractivity contribution in [1.29, 1.82) is 0 Å². The molecule has 1 aliphatic heterocycles. The van der Waals surface area contributed by atoms with Crippen LogP contribution in [0.15, 0.2) is 5.38 Å². The molecule has 1 aromatic heterocycles. The maximum absolute atomic E-state index is 11.9. The SMILES string of the molecule is C[C@H]1CN(Cc2csc(NC(=O)C3CCC3)n2)C[C@H](C)O1. The summed E-state index contributed by atoms with van der Waals surface area (Å²) in [5.41, 5.74) is 1.03. The van der Waals surface area contributed by atoms with Crippen molar-refractivity contribution in [2.75, 3.05) is 18.4 Å². The summed E-state index contributed by atoms with van der Waals surface area (Å²) in [5.74, 6) is 0.342. The molecule has 0 spiro atoms. The minimum absolute atomic E-state index is 0.135. The number of rotatable bonds is 4. The van der Waals surface area contributed by atoms with Crippen LogP contribution in [0.1, 0.15) is 38.8 Å². The van der Waals surface area contributed by atoms with Gasteiger partial charge in [0.25, 0.3) is 0 Å². The molecule has 0 radical (unpaired) electrons. The van der Waals surface area contributed by atoms with E-state index in [4.69, 9.17) is 4.74 Å². The molecule has 1 N–H and O–H groups in total. The van der Waals surface area contributed by atoms with Crippen LogP contribution in [0.3, 0.4) is 0 Å². The fourth-order valence-electron chi connectivity index (χ4n) is 2.96. The Labute approximate surface area is 129 Å². The molecular formula is C15H23N3O2S. The lowest BCUT2D eigenvalue weighted by molar-refractivity contribution is -0.122. The van der Waals surface area contributed by atoms with E-state index in [1.807, 2.05) is 5.38 Å². The highest BCUT2D eigenvalue weighted by molar-refractivity contribution is 7.13. The van der Waals surface area contributed by atoms with Gasteiger partial charge < -0.3 is 10.1 Å². The minimum atomic E-state index is 0.135. The number of anilines is 1. The summed E-state index contributed by atoms with van der Waals surface area (Å²) in [6, 6.07) is 0. The summed E-state index contributed by atoms with van der Waals surface area (Å²) in [6.07, 6.45) is 3.76. The lowest BCUT2D eigenvalue weighted by atomic mass is 9.85. The van der Waals surface area contributed by atoms with Crippen LogP contribution in [0.25, 0.3) is 0 Å². The molecule has 21 heavy (non-hydrogen) atoms. The Bertz CT molecular complexity index is 491. The highest BCUT2D eigenvalue weighted by Gasteiger charge is 2.26. The van der Waals surface area contributed by atoms with Gasteiger partial charge in [-0.25, -0.2) is 4.98 Å². The van der Waals surface area contributed by atoms with Crippen LogP contribution in [0.4, 0.5) is 5.13 Å². The van der Waals surface area contributed by atoms with Gasteiger partial charge in [-0.15, -0.1) is 11.3 Å². The second-order valence-corrected chi connectivity index (χ2v) is 7.07. The smallest absolute Gasteiger partial charge is 0.229 e. The van der Waals surface area contributed by atoms with E-state index in [9.17, 15) is 4.79 Å². The summed E-state index contributed by atoms with van der Waals surface area (Å²) in [5, 5.41) is 5.72. The van der Waals surface area contributed by atoms with Crippen LogP contribution in [0.2, 0.25) is 0 Å². The van der Waals surface area contributed by atoms with Crippen molar-refractivity contribution in [1.82, 2.24) is 9.88 Å². The first-order valence-corrected chi connectivity index (χ1v) is 8.61. The van der Waals surface area contributed by atoms with E-state index >= 15 is 0 Å². The van der Waals surface area contributed by atoms with Gasteiger partial charge in [-0.2, -0.15) is 0 Å². The number of nitrogens with one attached hydrogen (secondary N) is 1. The number of amides is 1. The largest absolute Gasteiger partial charge is 0.373 e. The second-order valence-electron chi connectivity index (χ2n) is 6.21. The highest BCUT2D eigenvalue weighted by Crippen LogP contribution is 2.28. The molecule has 5 nitrogen and oxygen atoms in total. The van der Waals surface area contributed by atoms with Gasteiger partial charge in [-0.3, -0.25) is 9.69 Å². The van der Waals surface area contributed by atoms with E-state index in [0.717, 1.165) is 43.3 Å². The van der Waals surface area contributed by atoms with Crippen molar-refractivity contribution >= 4 is 22.4 Å². The molecular weight excluding hydrogens is 286 g/mol. The number of nitrogens with zero attached hydrogens (tertiary/aromatic N) is 2. The molecule has 2 heterocycles. The third-order valence-corrected chi connectivity index (χ3v) is 4.95. The molecule has 1 saturated carbocycles. The van der Waals surface area contributed by atoms with Crippen molar-refractivity contribution < 1.29 is 9.53 Å². The van der Waals surface area contributed by atoms with Gasteiger partial charge in [-0.05, 0) is 26.7 Å². The van der Waals surface area contributed by atoms with Crippen molar-refractivity contribution in [2.24, 2.45) is 5.92 Å². The van der Waals surface area contributed by atoms with E-state index in [1.165, 1.54) is 17.8 Å². The molecule has 3 rings (SSSR count). The van der Waals surface area contributed by atoms with Crippen LogP contribution in [-0.4, -0.2) is 41.1 Å². The zero-order chi connectivity index (χ0) is 14.8. The number of carbonyl (C=O) groups is 1. The average molecular weight is 309 g/mol. The van der Waals surface area contributed by atoms with Crippen LogP contribution < -0.4 is 5.32 Å². The third-order valence-electron chi connectivity index (χ3n) is 4.14. The van der Waals surface area contributed by atoms with Crippen molar-refractivity contribution in [3.63, 3.8) is 0 Å². The Balaban J connectivity index is 1.53. The standard InChI is InChI=1S/C15H23N3O2S/c1-10-6-18(7-11(2)20-10)8-13-9-21-15(16-13)17-14(19)12-4-3-5-12/h9-12H,3-8H2,1-2H3,(H,16,17,19)/t10-,11-/m0/s1. The zero-order valence-corrected chi connectivity index (χ0v) is 13.5. The molecule has 1 saturated heterocycles. The fourth-order valence-corrected chi connectivity index (χ4v) is 3.66. The molecule has 116 valence electrons. The predicted molar refractivity (Wildman–Crippen MR) is 83.4 cm³/mol. The third kappa shape index (κ3) is 3.81. The van der Waals surface area contributed by atoms with Crippen LogP contribution in [0, 0.1) is 5.92 Å². The quantitative estimate of drug-likeness (QED) is 0.928. The molecule has 1 amide bonds. The number of hydrogen-bond acceptors (Lipinski definition) is 5. The number of carbonyl (C=O) groups excluding carboxylic acids is 1. The number of hydrogen-bond donors (Lipinski definition) is 1. The first-order chi connectivity index (χ1) is 10.1. The van der Waals surface area contributed by atoms with Crippen LogP contribution >= 0.6 is 11.3 Å². The highest BCUT2D eigenvalue weighted by atomic mass is 32.1. The number of morpholine rings is 1. The van der Waals surface area contributed by atoms with Gasteiger partial charge in [0.05, 0.1) is 17.9 Å². The summed E-state index contributed by atoms with van der Waals surface area (Å²) in [4.78, 5) is 18.8. The number of thiazole rings is 1. The molecule has 2 atom stereocenters. The molecule has 2 fully saturated rings. The van der Waals surface area contributed by atoms with Crippen LogP contribution in [-0.2, 0) is 16.1 Å². The van der Waals surface area contributed by atoms with Gasteiger partial charge in [0, 0.05) is 30.9 Å². The Hall–Kier alpha value is -0.980. The Morgan fingerprint density at radius 1 is 1.43 bits per heavy atom. The lowest BCUT2D eigenvalue weighted by Crippen LogP contribution is -2.44. The van der Waals surface area contributed by atoms with Gasteiger partial charge in [0.15, 0.2) is 5.13 Å². The van der Waals surface area contributed by atoms with Crippen molar-refractivity contribution in [2.45, 2.75) is 51.9 Å². The maximum Gasteiger partial charge on any atom is 0.229 e. The molecule has 0 unspecified atom stereocenters. The average Bonchev–Trinajstić information content (AvgIpc) is 2.72. The van der Waals surface area contributed by atoms with Gasteiger partial charge in [0.2, 0.25) is 5.91 Å². The zero-order valence-electron chi connectivity index (χ0n) is 12.7. The maximum atomic E-state index is 11.9. The van der Waals surface area contributed by atoms with Crippen molar-refractivity contribution in [3.05, 3.63) is 11.1 Å². The summed E-state index contributed by atoms with van der Waals surface area (Å²) in [7, 11) is 0. The molecule has 2 aliphatic rings. The molecule has 0 bridgehead atoms. The van der Waals surface area contributed by atoms with E-state index < -0.39 is 0 Å². The monoisotopic (exact) mass is 309 g/mol. The topological polar surface area (TPSA) is 54.5 Å². The minimum Gasteiger partial charge on any atom is -0.373 e. The first-order valence-electron chi connectivity index (χ1n) is 7.73. The Morgan fingerprint density at radius 3 is 2.76 bits per heavy atom. The second kappa shape index (κ2) is 6.42. The molecule has 0 aromatic carbocycles. The number of ether oxygens (including phenoxy) is 1. The fraction of sp³-hybridized carbons (Fsp3) is 0.733. The van der Waals surface area contributed by atoms with Crippen LogP contribution in [0.5, 0.6) is 0 Å². The van der Waals surface area contributed by atoms with Crippen molar-refractivity contribution in [3.8, 4) is 0 Å². The predicted octanol–water partition coefficient (Wildman–Crippen LogP) is 2.49. The summed E-state index contributed by atoms with van der Waals surface area (Å²) >= 11 is 1.52. The van der Waals surface area contributed by atoms with E-state index in [-0.39, 0.29) is 24.0 Å². The normalized spacial score (nSPS) is 27.3. The molecule has 1 aliphatic carbocycles. The number of aromatic nitrogens is 1. The van der Waals surface area contributed by atoms with E-state index in [2.05, 4.69) is 29.0 Å². The molecule has 6 heteroatoms. The summed E-state index contributed by atoms with van der Waals surface area (Å²) < 4.78 is 5.74. The first kappa shape index (κ1) is 14.9. The van der Waals surface area contributed by atoms with E-state index in [0.29, 0.717) is 0 Å². The summed E-state index contributed by atoms with van der Waals surface area (Å²) in [6.45, 7) is 6.91. The lowest BCUT2D eigenvalue weighted by Gasteiger charge is -2.34. The van der Waals surface area contributed by atoms with Gasteiger partial charge >= 0.3 is 0 Å². The van der Waals surface area contributed by atoms with Gasteiger partial charge in [-0.1, -0.05) is 6.42 Å². The Morgan fingerprint density at radius 2 is 2.14 bits per heavy atom. The van der Waals surface area contributed by atoms with Gasteiger partial charge in [0.1, 0.15) is 0 Å². The van der Waals surface area contributed by atoms with E-state index in [1.54, 1.807) is 0 Å².